The summed E-state index contributed by atoms with van der Waals surface area (Å²) in [4.78, 5) is 2.59. The summed E-state index contributed by atoms with van der Waals surface area (Å²) in [6.45, 7) is 5.59. The van der Waals surface area contributed by atoms with Crippen molar-refractivity contribution in [3.8, 4) is 0 Å². The third-order valence-corrected chi connectivity index (χ3v) is 3.38. The minimum absolute atomic E-state index is 0.316. The van der Waals surface area contributed by atoms with Gasteiger partial charge in [0.15, 0.2) is 0 Å². The average Bonchev–Trinajstić information content (AvgIpc) is 2.76. The van der Waals surface area contributed by atoms with Crippen molar-refractivity contribution in [2.75, 3.05) is 32.7 Å². The Morgan fingerprint density at radius 1 is 1.33 bits per heavy atom. The molecule has 3 heteroatoms. The van der Waals surface area contributed by atoms with Crippen LogP contribution in [0.2, 0.25) is 0 Å². The van der Waals surface area contributed by atoms with Crippen LogP contribution in [0.1, 0.15) is 19.3 Å². The number of hydrogen-bond donors (Lipinski definition) is 2. The zero-order valence-corrected chi connectivity index (χ0v) is 7.68. The third-order valence-electron chi connectivity index (χ3n) is 3.38. The first-order valence-corrected chi connectivity index (χ1v) is 5.03. The van der Waals surface area contributed by atoms with E-state index in [0.717, 1.165) is 19.6 Å². The van der Waals surface area contributed by atoms with Gasteiger partial charge in [0, 0.05) is 18.6 Å². The molecule has 0 aromatic rings. The van der Waals surface area contributed by atoms with E-state index in [9.17, 15) is 0 Å². The molecule has 2 heterocycles. The van der Waals surface area contributed by atoms with E-state index in [-0.39, 0.29) is 0 Å². The molecule has 3 N–H and O–H groups in total. The molecule has 0 aliphatic carbocycles. The Kier molecular flexibility index (Phi) is 2.35. The van der Waals surface area contributed by atoms with Crippen molar-refractivity contribution in [2.24, 2.45) is 5.73 Å². The van der Waals surface area contributed by atoms with Crippen molar-refractivity contribution < 1.29 is 0 Å². The molecule has 70 valence electrons. The summed E-state index contributed by atoms with van der Waals surface area (Å²) in [6.07, 6.45) is 3.97. The van der Waals surface area contributed by atoms with E-state index < -0.39 is 0 Å². The van der Waals surface area contributed by atoms with Crippen LogP contribution in [0.25, 0.3) is 0 Å². The Morgan fingerprint density at radius 3 is 2.58 bits per heavy atom. The molecule has 0 amide bonds. The Balaban J connectivity index is 2.04. The fraction of sp³-hybridized carbons (Fsp3) is 1.00. The minimum atomic E-state index is 0.316. The van der Waals surface area contributed by atoms with Crippen molar-refractivity contribution in [2.45, 2.75) is 24.8 Å². The maximum Gasteiger partial charge on any atom is 0.0467 e. The largest absolute Gasteiger partial charge is 0.329 e. The van der Waals surface area contributed by atoms with E-state index in [2.05, 4.69) is 10.2 Å². The molecule has 2 saturated heterocycles. The molecule has 0 spiro atoms. The van der Waals surface area contributed by atoms with Gasteiger partial charge in [-0.1, -0.05) is 0 Å². The van der Waals surface area contributed by atoms with Gasteiger partial charge in [-0.3, -0.25) is 4.90 Å². The molecule has 2 rings (SSSR count). The Hall–Kier alpha value is -0.120. The van der Waals surface area contributed by atoms with E-state index in [0.29, 0.717) is 5.54 Å². The standard InChI is InChI=1S/C9H19N3/c10-7-9(3-4-11-8-9)12-5-1-2-6-12/h11H,1-8,10H2. The van der Waals surface area contributed by atoms with Gasteiger partial charge in [-0.05, 0) is 38.9 Å². The summed E-state index contributed by atoms with van der Waals surface area (Å²) in [5, 5.41) is 3.42. The van der Waals surface area contributed by atoms with E-state index >= 15 is 0 Å². The summed E-state index contributed by atoms with van der Waals surface area (Å²) in [7, 11) is 0. The SMILES string of the molecule is NCC1(N2CCCC2)CCNC1. The maximum absolute atomic E-state index is 5.87. The third kappa shape index (κ3) is 1.26. The lowest BCUT2D eigenvalue weighted by atomic mass is 9.97. The zero-order valence-electron chi connectivity index (χ0n) is 7.68. The first-order valence-electron chi connectivity index (χ1n) is 5.03. The highest BCUT2D eigenvalue weighted by atomic mass is 15.3. The number of nitrogens with zero attached hydrogens (tertiary/aromatic N) is 1. The molecule has 0 bridgehead atoms. The summed E-state index contributed by atoms with van der Waals surface area (Å²) < 4.78 is 0. The molecule has 0 saturated carbocycles. The second kappa shape index (κ2) is 3.32. The topological polar surface area (TPSA) is 41.3 Å². The van der Waals surface area contributed by atoms with Crippen LogP contribution in [0.15, 0.2) is 0 Å². The molecular weight excluding hydrogens is 150 g/mol. The van der Waals surface area contributed by atoms with Crippen LogP contribution in [0.3, 0.4) is 0 Å². The van der Waals surface area contributed by atoms with Gasteiger partial charge in [0.1, 0.15) is 0 Å². The first kappa shape index (κ1) is 8.48. The molecule has 2 aliphatic rings. The van der Waals surface area contributed by atoms with Gasteiger partial charge in [-0.15, -0.1) is 0 Å². The lowest BCUT2D eigenvalue weighted by Gasteiger charge is -2.36. The van der Waals surface area contributed by atoms with Crippen LogP contribution < -0.4 is 11.1 Å². The maximum atomic E-state index is 5.87. The molecule has 0 radical (unpaired) electrons. The predicted octanol–water partition coefficient (Wildman–Crippen LogP) is -0.227. The van der Waals surface area contributed by atoms with E-state index in [4.69, 9.17) is 5.73 Å². The summed E-state index contributed by atoms with van der Waals surface area (Å²) >= 11 is 0. The second-order valence-corrected chi connectivity index (χ2v) is 4.05. The molecule has 3 nitrogen and oxygen atoms in total. The summed E-state index contributed by atoms with van der Waals surface area (Å²) in [5.41, 5.74) is 6.18. The molecule has 0 aromatic heterocycles. The lowest BCUT2D eigenvalue weighted by molar-refractivity contribution is 0.144. The Morgan fingerprint density at radius 2 is 2.08 bits per heavy atom. The minimum Gasteiger partial charge on any atom is -0.329 e. The number of rotatable bonds is 2. The van der Waals surface area contributed by atoms with Crippen molar-refractivity contribution >= 4 is 0 Å². The first-order chi connectivity index (χ1) is 5.87. The molecular formula is C9H19N3. The molecule has 1 atom stereocenters. The van der Waals surface area contributed by atoms with Gasteiger partial charge in [0.05, 0.1) is 0 Å². The van der Waals surface area contributed by atoms with Gasteiger partial charge >= 0.3 is 0 Å². The van der Waals surface area contributed by atoms with Crippen LogP contribution in [-0.2, 0) is 0 Å². The molecule has 12 heavy (non-hydrogen) atoms. The van der Waals surface area contributed by atoms with Crippen LogP contribution in [0.5, 0.6) is 0 Å². The van der Waals surface area contributed by atoms with Crippen molar-refractivity contribution in [1.29, 1.82) is 0 Å². The summed E-state index contributed by atoms with van der Waals surface area (Å²) in [5.74, 6) is 0. The van der Waals surface area contributed by atoms with Crippen molar-refractivity contribution in [3.05, 3.63) is 0 Å². The lowest BCUT2D eigenvalue weighted by Crippen LogP contribution is -2.54. The van der Waals surface area contributed by atoms with E-state index in [1.54, 1.807) is 0 Å². The van der Waals surface area contributed by atoms with Crippen LogP contribution >= 0.6 is 0 Å². The predicted molar refractivity (Wildman–Crippen MR) is 50.1 cm³/mol. The Bertz CT molecular complexity index is 146. The van der Waals surface area contributed by atoms with Crippen LogP contribution in [-0.4, -0.2) is 43.2 Å². The quantitative estimate of drug-likeness (QED) is 0.600. The number of likely N-dealkylation sites (tertiary alicyclic amines) is 1. The van der Waals surface area contributed by atoms with Crippen LogP contribution in [0, 0.1) is 0 Å². The fourth-order valence-electron chi connectivity index (χ4n) is 2.50. The van der Waals surface area contributed by atoms with Gasteiger partial charge < -0.3 is 11.1 Å². The van der Waals surface area contributed by atoms with E-state index in [1.807, 2.05) is 0 Å². The number of nitrogens with one attached hydrogen (secondary N) is 1. The van der Waals surface area contributed by atoms with Crippen molar-refractivity contribution in [3.63, 3.8) is 0 Å². The van der Waals surface area contributed by atoms with Gasteiger partial charge in [0.25, 0.3) is 0 Å². The normalized spacial score (nSPS) is 37.8. The average molecular weight is 169 g/mol. The highest BCUT2D eigenvalue weighted by Crippen LogP contribution is 2.26. The Labute approximate surface area is 74.3 Å². The summed E-state index contributed by atoms with van der Waals surface area (Å²) in [6, 6.07) is 0. The van der Waals surface area contributed by atoms with Crippen LogP contribution in [0.4, 0.5) is 0 Å². The zero-order chi connectivity index (χ0) is 8.44. The van der Waals surface area contributed by atoms with Gasteiger partial charge in [-0.25, -0.2) is 0 Å². The smallest absolute Gasteiger partial charge is 0.0467 e. The highest BCUT2D eigenvalue weighted by Gasteiger charge is 2.39. The highest BCUT2D eigenvalue weighted by molar-refractivity contribution is 4.99. The number of nitrogens with two attached hydrogens (primary N) is 1. The number of hydrogen-bond acceptors (Lipinski definition) is 3. The van der Waals surface area contributed by atoms with Gasteiger partial charge in [0.2, 0.25) is 0 Å². The monoisotopic (exact) mass is 169 g/mol. The molecule has 2 aliphatic heterocycles. The molecule has 0 aromatic carbocycles. The van der Waals surface area contributed by atoms with Crippen molar-refractivity contribution in [1.82, 2.24) is 10.2 Å². The second-order valence-electron chi connectivity index (χ2n) is 4.05. The van der Waals surface area contributed by atoms with Gasteiger partial charge in [-0.2, -0.15) is 0 Å². The fourth-order valence-corrected chi connectivity index (χ4v) is 2.50. The molecule has 1 unspecified atom stereocenters. The molecule has 2 fully saturated rings. The van der Waals surface area contributed by atoms with E-state index in [1.165, 1.54) is 32.4 Å².